The summed E-state index contributed by atoms with van der Waals surface area (Å²) in [6.45, 7) is 7.46. The second-order valence-electron chi connectivity index (χ2n) is 7.50. The highest BCUT2D eigenvalue weighted by Gasteiger charge is 2.52. The van der Waals surface area contributed by atoms with Gasteiger partial charge in [0.25, 0.3) is 5.91 Å². The molecule has 1 aromatic carbocycles. The van der Waals surface area contributed by atoms with Gasteiger partial charge in [-0.2, -0.15) is 0 Å². The first-order valence-electron chi connectivity index (χ1n) is 8.16. The average molecular weight is 302 g/mol. The lowest BCUT2D eigenvalue weighted by Crippen LogP contribution is -2.46. The Balaban J connectivity index is 1.84. The minimum atomic E-state index is -0.760. The van der Waals surface area contributed by atoms with E-state index in [0.717, 1.165) is 43.5 Å². The van der Waals surface area contributed by atoms with Crippen molar-refractivity contribution in [2.45, 2.75) is 63.5 Å². The number of primary amides is 1. The zero-order valence-electron chi connectivity index (χ0n) is 13.7. The van der Waals surface area contributed by atoms with Gasteiger partial charge in [-0.3, -0.25) is 4.79 Å². The fourth-order valence-electron chi connectivity index (χ4n) is 3.18. The third-order valence-corrected chi connectivity index (χ3v) is 5.01. The van der Waals surface area contributed by atoms with Crippen LogP contribution < -0.4 is 15.8 Å². The largest absolute Gasteiger partial charge is 0.477 e. The van der Waals surface area contributed by atoms with E-state index < -0.39 is 5.60 Å². The molecule has 4 heteroatoms. The average Bonchev–Trinajstić information content (AvgIpc) is 3.21. The van der Waals surface area contributed by atoms with Gasteiger partial charge in [0.2, 0.25) is 0 Å². The number of nitrogens with two attached hydrogens (primary N) is 1. The zero-order chi connectivity index (χ0) is 16.0. The lowest BCUT2D eigenvalue weighted by atomic mass is 9.83. The Kier molecular flexibility index (Phi) is 3.68. The maximum Gasteiger partial charge on any atom is 0.261 e. The first-order chi connectivity index (χ1) is 10.3. The third kappa shape index (κ3) is 2.98. The Hall–Kier alpha value is -1.55. The predicted molar refractivity (Wildman–Crippen MR) is 87.0 cm³/mol. The van der Waals surface area contributed by atoms with Crippen LogP contribution in [0.25, 0.3) is 0 Å². The second kappa shape index (κ2) is 5.27. The first kappa shape index (κ1) is 15.3. The number of amides is 1. The highest BCUT2D eigenvalue weighted by atomic mass is 16.5. The topological polar surface area (TPSA) is 64.3 Å². The SMILES string of the molecule is Cc1ccc(C2CCC(C)(C)NC2)c(OC2(C(N)=O)CC2)c1. The standard InChI is InChI=1S/C18H26N2O2/c1-12-4-5-14(13-6-7-17(2,3)20-11-13)15(10-12)22-18(8-9-18)16(19)21/h4-5,10,13,20H,6-9,11H2,1-3H3,(H2,19,21). The Morgan fingerprint density at radius 2 is 2.05 bits per heavy atom. The predicted octanol–water partition coefficient (Wildman–Crippen LogP) is 2.64. The molecule has 0 bridgehead atoms. The molecule has 3 N–H and O–H groups in total. The molecule has 22 heavy (non-hydrogen) atoms. The quantitative estimate of drug-likeness (QED) is 0.898. The molecule has 1 aliphatic heterocycles. The normalized spacial score (nSPS) is 25.5. The van der Waals surface area contributed by atoms with Gasteiger partial charge in [0.05, 0.1) is 0 Å². The number of carbonyl (C=O) groups excluding carboxylic acids is 1. The van der Waals surface area contributed by atoms with Gasteiger partial charge in [-0.15, -0.1) is 0 Å². The van der Waals surface area contributed by atoms with Crippen LogP contribution in [0.15, 0.2) is 18.2 Å². The van der Waals surface area contributed by atoms with E-state index in [0.29, 0.717) is 5.92 Å². The highest BCUT2D eigenvalue weighted by Crippen LogP contribution is 2.43. The van der Waals surface area contributed by atoms with Crippen molar-refractivity contribution in [1.29, 1.82) is 0 Å². The van der Waals surface area contributed by atoms with Gasteiger partial charge in [0.1, 0.15) is 5.75 Å². The van der Waals surface area contributed by atoms with E-state index in [1.807, 2.05) is 13.0 Å². The van der Waals surface area contributed by atoms with Crippen LogP contribution in [0, 0.1) is 6.92 Å². The molecule has 2 fully saturated rings. The van der Waals surface area contributed by atoms with Gasteiger partial charge in [0, 0.05) is 30.8 Å². The molecule has 2 aliphatic rings. The van der Waals surface area contributed by atoms with Crippen LogP contribution in [0.1, 0.15) is 56.6 Å². The molecule has 0 aromatic heterocycles. The van der Waals surface area contributed by atoms with E-state index in [9.17, 15) is 4.79 Å². The van der Waals surface area contributed by atoms with Crippen molar-refractivity contribution >= 4 is 5.91 Å². The van der Waals surface area contributed by atoms with Crippen molar-refractivity contribution in [2.75, 3.05) is 6.54 Å². The molecule has 1 atom stereocenters. The molecule has 0 radical (unpaired) electrons. The van der Waals surface area contributed by atoms with E-state index in [-0.39, 0.29) is 11.4 Å². The number of nitrogens with one attached hydrogen (secondary N) is 1. The number of benzene rings is 1. The van der Waals surface area contributed by atoms with Gasteiger partial charge in [-0.05, 0) is 50.8 Å². The molecule has 1 aliphatic carbocycles. The second-order valence-corrected chi connectivity index (χ2v) is 7.50. The van der Waals surface area contributed by atoms with Crippen LogP contribution in [0.4, 0.5) is 0 Å². The summed E-state index contributed by atoms with van der Waals surface area (Å²) in [5, 5.41) is 3.60. The maximum atomic E-state index is 11.6. The van der Waals surface area contributed by atoms with Crippen molar-refractivity contribution in [1.82, 2.24) is 5.32 Å². The van der Waals surface area contributed by atoms with Crippen molar-refractivity contribution in [3.05, 3.63) is 29.3 Å². The van der Waals surface area contributed by atoms with Crippen LogP contribution in [0.5, 0.6) is 5.75 Å². The summed E-state index contributed by atoms with van der Waals surface area (Å²) in [7, 11) is 0. The fraction of sp³-hybridized carbons (Fsp3) is 0.611. The Morgan fingerprint density at radius 1 is 1.32 bits per heavy atom. The van der Waals surface area contributed by atoms with Crippen LogP contribution >= 0.6 is 0 Å². The summed E-state index contributed by atoms with van der Waals surface area (Å²) >= 11 is 0. The molecule has 1 aromatic rings. The van der Waals surface area contributed by atoms with E-state index in [4.69, 9.17) is 10.5 Å². The van der Waals surface area contributed by atoms with Gasteiger partial charge in [-0.1, -0.05) is 12.1 Å². The molecular formula is C18H26N2O2. The number of ether oxygens (including phenoxy) is 1. The number of aryl methyl sites for hydroxylation is 1. The van der Waals surface area contributed by atoms with Crippen LogP contribution in [-0.4, -0.2) is 23.6 Å². The first-order valence-corrected chi connectivity index (χ1v) is 8.16. The third-order valence-electron chi connectivity index (χ3n) is 5.01. The molecule has 1 heterocycles. The van der Waals surface area contributed by atoms with Crippen molar-refractivity contribution in [2.24, 2.45) is 5.73 Å². The molecule has 4 nitrogen and oxygen atoms in total. The molecule has 1 unspecified atom stereocenters. The maximum absolute atomic E-state index is 11.6. The smallest absolute Gasteiger partial charge is 0.261 e. The summed E-state index contributed by atoms with van der Waals surface area (Å²) in [5.41, 5.74) is 7.29. The molecular weight excluding hydrogens is 276 g/mol. The summed E-state index contributed by atoms with van der Waals surface area (Å²) in [5.74, 6) is 0.915. The van der Waals surface area contributed by atoms with Gasteiger partial charge < -0.3 is 15.8 Å². The number of piperidine rings is 1. The molecule has 120 valence electrons. The van der Waals surface area contributed by atoms with Gasteiger partial charge >= 0.3 is 0 Å². The van der Waals surface area contributed by atoms with Gasteiger partial charge in [-0.25, -0.2) is 0 Å². The molecule has 0 spiro atoms. The van der Waals surface area contributed by atoms with Crippen LogP contribution in [0.3, 0.4) is 0 Å². The van der Waals surface area contributed by atoms with Crippen LogP contribution in [-0.2, 0) is 4.79 Å². The summed E-state index contributed by atoms with van der Waals surface area (Å²) in [6, 6.07) is 6.30. The lowest BCUT2D eigenvalue weighted by Gasteiger charge is -2.36. The van der Waals surface area contributed by atoms with Crippen molar-refractivity contribution in [3.8, 4) is 5.75 Å². The van der Waals surface area contributed by atoms with E-state index in [2.05, 4.69) is 31.3 Å². The van der Waals surface area contributed by atoms with E-state index in [1.165, 1.54) is 5.56 Å². The minimum absolute atomic E-state index is 0.202. The van der Waals surface area contributed by atoms with Gasteiger partial charge in [0.15, 0.2) is 5.60 Å². The Bertz CT molecular complexity index is 581. The van der Waals surface area contributed by atoms with E-state index >= 15 is 0 Å². The molecule has 3 rings (SSSR count). The number of rotatable bonds is 4. The Labute approximate surface area is 132 Å². The molecule has 1 saturated carbocycles. The van der Waals surface area contributed by atoms with Crippen molar-refractivity contribution < 1.29 is 9.53 Å². The minimum Gasteiger partial charge on any atom is -0.477 e. The number of hydrogen-bond acceptors (Lipinski definition) is 3. The molecule has 1 saturated heterocycles. The number of carbonyl (C=O) groups is 1. The lowest BCUT2D eigenvalue weighted by molar-refractivity contribution is -0.126. The fourth-order valence-corrected chi connectivity index (χ4v) is 3.18. The number of hydrogen-bond donors (Lipinski definition) is 2. The van der Waals surface area contributed by atoms with Crippen LogP contribution in [0.2, 0.25) is 0 Å². The van der Waals surface area contributed by atoms with E-state index in [1.54, 1.807) is 0 Å². The molecule has 1 amide bonds. The highest BCUT2D eigenvalue weighted by molar-refractivity contribution is 5.87. The zero-order valence-corrected chi connectivity index (χ0v) is 13.7. The summed E-state index contributed by atoms with van der Waals surface area (Å²) in [4.78, 5) is 11.6. The monoisotopic (exact) mass is 302 g/mol. The summed E-state index contributed by atoms with van der Waals surface area (Å²) < 4.78 is 6.09. The summed E-state index contributed by atoms with van der Waals surface area (Å²) in [6.07, 6.45) is 3.71. The van der Waals surface area contributed by atoms with Crippen molar-refractivity contribution in [3.63, 3.8) is 0 Å². The Morgan fingerprint density at radius 3 is 2.59 bits per heavy atom.